The number of hydrogen-bond donors (Lipinski definition) is 1. The van der Waals surface area contributed by atoms with Gasteiger partial charge in [-0.1, -0.05) is 35.9 Å². The molecule has 2 rings (SSSR count). The van der Waals surface area contributed by atoms with Gasteiger partial charge in [-0.25, -0.2) is 0 Å². The highest BCUT2D eigenvalue weighted by molar-refractivity contribution is 6.31. The first-order valence-electron chi connectivity index (χ1n) is 9.47. The van der Waals surface area contributed by atoms with Crippen molar-refractivity contribution in [3.8, 4) is 5.75 Å². The minimum absolute atomic E-state index is 0.0351. The fourth-order valence-electron chi connectivity index (χ4n) is 2.60. The first-order chi connectivity index (χ1) is 13.5. The Balaban J connectivity index is 1.94. The Kier molecular flexibility index (Phi) is 9.28. The summed E-state index contributed by atoms with van der Waals surface area (Å²) in [7, 11) is 0. The highest BCUT2D eigenvalue weighted by Crippen LogP contribution is 2.24. The van der Waals surface area contributed by atoms with Crippen LogP contribution in [0, 0.1) is 0 Å². The molecule has 6 heteroatoms. The molecule has 0 heterocycles. The van der Waals surface area contributed by atoms with E-state index in [0.717, 1.165) is 11.1 Å². The lowest BCUT2D eigenvalue weighted by atomic mass is 10.1. The topological polar surface area (TPSA) is 56.8 Å². The zero-order valence-corrected chi connectivity index (χ0v) is 17.4. The minimum Gasteiger partial charge on any atom is -0.490 e. The Morgan fingerprint density at radius 1 is 1.07 bits per heavy atom. The third kappa shape index (κ3) is 7.50. The van der Waals surface area contributed by atoms with Crippen LogP contribution in [0.2, 0.25) is 5.02 Å². The van der Waals surface area contributed by atoms with Gasteiger partial charge in [-0.15, -0.1) is 0 Å². The molecule has 0 atom stereocenters. The molecule has 0 radical (unpaired) electrons. The Hall–Kier alpha value is -2.08. The van der Waals surface area contributed by atoms with E-state index in [9.17, 15) is 4.79 Å². The molecule has 0 aliphatic carbocycles. The van der Waals surface area contributed by atoms with Crippen LogP contribution in [0.25, 0.3) is 0 Å². The standard InChI is InChI=1S/C22H28ClNO4/c1-4-26-10-11-27-15-18-7-5-6-17(12-18)14-24-22(25)20-13-19(23)8-9-21(20)28-16(2)3/h5-9,12-13,16H,4,10-11,14-15H2,1-3H3,(H,24,25). The van der Waals surface area contributed by atoms with Gasteiger partial charge >= 0.3 is 0 Å². The summed E-state index contributed by atoms with van der Waals surface area (Å²) in [5.74, 6) is 0.296. The van der Waals surface area contributed by atoms with E-state index in [4.69, 9.17) is 25.8 Å². The van der Waals surface area contributed by atoms with E-state index in [1.54, 1.807) is 18.2 Å². The molecule has 2 aromatic rings. The second kappa shape index (κ2) is 11.7. The van der Waals surface area contributed by atoms with Crippen molar-refractivity contribution in [1.82, 2.24) is 5.32 Å². The van der Waals surface area contributed by atoms with E-state index in [0.29, 0.717) is 49.3 Å². The fraction of sp³-hybridized carbons (Fsp3) is 0.409. The Morgan fingerprint density at radius 2 is 1.82 bits per heavy atom. The Labute approximate surface area is 171 Å². The van der Waals surface area contributed by atoms with Gasteiger partial charge in [-0.3, -0.25) is 4.79 Å². The molecule has 0 saturated carbocycles. The van der Waals surface area contributed by atoms with Crippen molar-refractivity contribution in [1.29, 1.82) is 0 Å². The molecule has 0 unspecified atom stereocenters. The zero-order valence-electron chi connectivity index (χ0n) is 16.7. The van der Waals surface area contributed by atoms with Crippen molar-refractivity contribution < 1.29 is 19.0 Å². The second-order valence-electron chi connectivity index (χ2n) is 6.56. The second-order valence-corrected chi connectivity index (χ2v) is 7.00. The smallest absolute Gasteiger partial charge is 0.255 e. The molecule has 28 heavy (non-hydrogen) atoms. The van der Waals surface area contributed by atoms with Gasteiger partial charge < -0.3 is 19.5 Å². The Bertz CT molecular complexity index is 764. The molecule has 0 saturated heterocycles. The summed E-state index contributed by atoms with van der Waals surface area (Å²) in [4.78, 5) is 12.6. The molecule has 152 valence electrons. The van der Waals surface area contributed by atoms with Crippen LogP contribution in [-0.2, 0) is 22.6 Å². The number of nitrogens with one attached hydrogen (secondary N) is 1. The predicted octanol–water partition coefficient (Wildman–Crippen LogP) is 4.61. The van der Waals surface area contributed by atoms with Crippen molar-refractivity contribution in [3.05, 3.63) is 64.2 Å². The molecule has 0 spiro atoms. The molecule has 1 amide bonds. The number of rotatable bonds is 11. The largest absolute Gasteiger partial charge is 0.490 e. The third-order valence-corrected chi connectivity index (χ3v) is 4.07. The lowest BCUT2D eigenvalue weighted by molar-refractivity contribution is 0.0453. The van der Waals surface area contributed by atoms with Crippen LogP contribution >= 0.6 is 11.6 Å². The van der Waals surface area contributed by atoms with E-state index >= 15 is 0 Å². The van der Waals surface area contributed by atoms with Crippen molar-refractivity contribution in [2.45, 2.75) is 40.0 Å². The number of carbonyl (C=O) groups excluding carboxylic acids is 1. The number of hydrogen-bond acceptors (Lipinski definition) is 4. The molecular weight excluding hydrogens is 378 g/mol. The monoisotopic (exact) mass is 405 g/mol. The molecular formula is C22H28ClNO4. The highest BCUT2D eigenvalue weighted by atomic mass is 35.5. The Morgan fingerprint density at radius 3 is 2.57 bits per heavy atom. The van der Waals surface area contributed by atoms with Crippen LogP contribution in [0.5, 0.6) is 5.75 Å². The number of benzene rings is 2. The van der Waals surface area contributed by atoms with Gasteiger partial charge in [0.05, 0.1) is 31.5 Å². The number of ether oxygens (including phenoxy) is 3. The molecule has 0 bridgehead atoms. The number of amides is 1. The lowest BCUT2D eigenvalue weighted by Gasteiger charge is -2.15. The molecule has 1 N–H and O–H groups in total. The summed E-state index contributed by atoms with van der Waals surface area (Å²) in [5.41, 5.74) is 2.47. The predicted molar refractivity (Wildman–Crippen MR) is 111 cm³/mol. The van der Waals surface area contributed by atoms with Gasteiger partial charge in [0.1, 0.15) is 5.75 Å². The van der Waals surface area contributed by atoms with E-state index in [2.05, 4.69) is 5.32 Å². The first-order valence-corrected chi connectivity index (χ1v) is 9.85. The molecule has 0 aliphatic rings. The number of carbonyl (C=O) groups is 1. The highest BCUT2D eigenvalue weighted by Gasteiger charge is 2.14. The summed E-state index contributed by atoms with van der Waals surface area (Å²) in [5, 5.41) is 3.42. The van der Waals surface area contributed by atoms with Gasteiger partial charge in [0.2, 0.25) is 0 Å². The summed E-state index contributed by atoms with van der Waals surface area (Å²) in [6.07, 6.45) is -0.0351. The maximum absolute atomic E-state index is 12.6. The zero-order chi connectivity index (χ0) is 20.4. The van der Waals surface area contributed by atoms with Gasteiger partial charge in [0.25, 0.3) is 5.91 Å². The van der Waals surface area contributed by atoms with E-state index in [-0.39, 0.29) is 12.0 Å². The van der Waals surface area contributed by atoms with E-state index in [1.165, 1.54) is 0 Å². The number of halogens is 1. The molecule has 5 nitrogen and oxygen atoms in total. The third-order valence-electron chi connectivity index (χ3n) is 3.84. The summed E-state index contributed by atoms with van der Waals surface area (Å²) < 4.78 is 16.6. The fourth-order valence-corrected chi connectivity index (χ4v) is 2.77. The van der Waals surface area contributed by atoms with Crippen LogP contribution in [-0.4, -0.2) is 31.8 Å². The summed E-state index contributed by atoms with van der Waals surface area (Å²) in [6, 6.07) is 13.0. The van der Waals surface area contributed by atoms with Gasteiger partial charge in [0.15, 0.2) is 0 Å². The summed E-state index contributed by atoms with van der Waals surface area (Å²) in [6.45, 7) is 8.54. The quantitative estimate of drug-likeness (QED) is 0.554. The lowest BCUT2D eigenvalue weighted by Crippen LogP contribution is -2.24. The van der Waals surface area contributed by atoms with Crippen LogP contribution in [0.15, 0.2) is 42.5 Å². The minimum atomic E-state index is -0.225. The van der Waals surface area contributed by atoms with Gasteiger partial charge in [0, 0.05) is 18.2 Å². The van der Waals surface area contributed by atoms with Crippen LogP contribution in [0.1, 0.15) is 42.3 Å². The van der Waals surface area contributed by atoms with Gasteiger partial charge in [-0.2, -0.15) is 0 Å². The van der Waals surface area contributed by atoms with Crippen LogP contribution in [0.3, 0.4) is 0 Å². The first kappa shape index (κ1) is 22.2. The van der Waals surface area contributed by atoms with E-state index in [1.807, 2.05) is 45.0 Å². The maximum atomic E-state index is 12.6. The average molecular weight is 406 g/mol. The average Bonchev–Trinajstić information content (AvgIpc) is 2.67. The molecule has 2 aromatic carbocycles. The molecule has 0 aliphatic heterocycles. The SMILES string of the molecule is CCOCCOCc1cccc(CNC(=O)c2cc(Cl)ccc2OC(C)C)c1. The maximum Gasteiger partial charge on any atom is 0.255 e. The molecule has 0 aromatic heterocycles. The van der Waals surface area contributed by atoms with Crippen LogP contribution in [0.4, 0.5) is 0 Å². The summed E-state index contributed by atoms with van der Waals surface area (Å²) >= 11 is 6.06. The van der Waals surface area contributed by atoms with Gasteiger partial charge in [-0.05, 0) is 50.1 Å². The normalized spacial score (nSPS) is 10.9. The van der Waals surface area contributed by atoms with E-state index < -0.39 is 0 Å². The van der Waals surface area contributed by atoms with Crippen molar-refractivity contribution in [2.24, 2.45) is 0 Å². The van der Waals surface area contributed by atoms with Crippen LogP contribution < -0.4 is 10.1 Å². The van der Waals surface area contributed by atoms with Crippen molar-refractivity contribution in [3.63, 3.8) is 0 Å². The molecule has 0 fully saturated rings. The van der Waals surface area contributed by atoms with Crippen molar-refractivity contribution in [2.75, 3.05) is 19.8 Å². The van der Waals surface area contributed by atoms with Crippen molar-refractivity contribution >= 4 is 17.5 Å².